The number of methoxy groups -OCH3 is 2. The second-order valence-corrected chi connectivity index (χ2v) is 15.8. The lowest BCUT2D eigenvalue weighted by molar-refractivity contribution is 0.234. The van der Waals surface area contributed by atoms with Crippen molar-refractivity contribution in [3.8, 4) is 11.5 Å². The lowest BCUT2D eigenvalue weighted by Gasteiger charge is -2.56. The molecule has 40 heavy (non-hydrogen) atoms. The molecule has 0 N–H and O–H groups in total. The summed E-state index contributed by atoms with van der Waals surface area (Å²) in [4.78, 5) is 0. The van der Waals surface area contributed by atoms with E-state index in [2.05, 4.69) is 91.8 Å². The molecule has 0 fully saturated rings. The smallest absolute Gasteiger partial charge is 0.161 e. The van der Waals surface area contributed by atoms with Crippen LogP contribution in [0.3, 0.4) is 0 Å². The highest BCUT2D eigenvalue weighted by Crippen LogP contribution is 2.67. The predicted molar refractivity (Wildman–Crippen MR) is 166 cm³/mol. The van der Waals surface area contributed by atoms with Crippen molar-refractivity contribution in [1.82, 2.24) is 0 Å². The van der Waals surface area contributed by atoms with E-state index in [1.165, 1.54) is 58.7 Å². The van der Waals surface area contributed by atoms with Crippen LogP contribution in [0.2, 0.25) is 0 Å². The van der Waals surface area contributed by atoms with Gasteiger partial charge in [0.2, 0.25) is 0 Å². The Morgan fingerprint density at radius 1 is 0.475 bits per heavy atom. The molecule has 2 heteroatoms. The maximum atomic E-state index is 5.86. The van der Waals surface area contributed by atoms with Crippen LogP contribution in [0.25, 0.3) is 10.8 Å². The third kappa shape index (κ3) is 3.34. The van der Waals surface area contributed by atoms with Crippen molar-refractivity contribution in [3.05, 3.63) is 80.9 Å². The summed E-state index contributed by atoms with van der Waals surface area (Å²) >= 11 is 0. The van der Waals surface area contributed by atoms with Gasteiger partial charge in [-0.1, -0.05) is 78.7 Å². The number of hydrogen-bond donors (Lipinski definition) is 0. The number of ether oxygens (including phenoxy) is 2. The summed E-state index contributed by atoms with van der Waals surface area (Å²) in [6.07, 6.45) is 4.93. The van der Waals surface area contributed by atoms with Crippen LogP contribution in [0.1, 0.15) is 126 Å². The fourth-order valence-corrected chi connectivity index (χ4v) is 8.98. The van der Waals surface area contributed by atoms with E-state index in [0.717, 1.165) is 11.5 Å². The molecule has 0 spiro atoms. The molecule has 0 radical (unpaired) electrons. The lowest BCUT2D eigenvalue weighted by Crippen LogP contribution is -2.42. The zero-order valence-corrected chi connectivity index (χ0v) is 26.3. The first kappa shape index (κ1) is 26.2. The summed E-state index contributed by atoms with van der Waals surface area (Å²) in [6.45, 7) is 19.7. The van der Waals surface area contributed by atoms with Crippen molar-refractivity contribution in [1.29, 1.82) is 0 Å². The molecule has 5 aliphatic rings. The van der Waals surface area contributed by atoms with Crippen molar-refractivity contribution in [2.45, 2.75) is 104 Å². The van der Waals surface area contributed by atoms with Crippen LogP contribution in [-0.2, 0) is 10.8 Å². The average molecular weight is 535 g/mol. The number of hydrogen-bond acceptors (Lipinski definition) is 2. The number of rotatable bonds is 2. The van der Waals surface area contributed by atoms with E-state index in [1.807, 2.05) is 0 Å². The van der Waals surface area contributed by atoms with Crippen LogP contribution in [0.4, 0.5) is 0 Å². The molecule has 0 aliphatic heterocycles. The molecule has 2 nitrogen and oxygen atoms in total. The second kappa shape index (κ2) is 7.96. The molecule has 2 atom stereocenters. The van der Waals surface area contributed by atoms with Gasteiger partial charge < -0.3 is 9.47 Å². The van der Waals surface area contributed by atoms with Gasteiger partial charge >= 0.3 is 0 Å². The van der Waals surface area contributed by atoms with E-state index in [-0.39, 0.29) is 33.5 Å². The standard InChI is InChI=1S/C38H46O2/c1-35(2)11-12-36(3,4)28-18-22-16-24-23(15-21(22)17-27(28)35)31-25-19-29(39-9)30(40-10)20-26(25)32(24)34-33(31)37(5,6)13-14-38(34,7)8/h15-20,31-32H,11-14H2,1-10H3/t31-,32+. The zero-order chi connectivity index (χ0) is 28.6. The minimum atomic E-state index is 0.160. The van der Waals surface area contributed by atoms with Crippen LogP contribution in [-0.4, -0.2) is 14.2 Å². The second-order valence-electron chi connectivity index (χ2n) is 15.8. The minimum absolute atomic E-state index is 0.160. The van der Waals surface area contributed by atoms with Crippen molar-refractivity contribution < 1.29 is 9.47 Å². The Kier molecular flexibility index (Phi) is 5.21. The molecule has 0 unspecified atom stereocenters. The Labute approximate surface area is 241 Å². The van der Waals surface area contributed by atoms with Crippen molar-refractivity contribution in [3.63, 3.8) is 0 Å². The predicted octanol–water partition coefficient (Wildman–Crippen LogP) is 9.94. The molecular formula is C38H46O2. The van der Waals surface area contributed by atoms with Gasteiger partial charge in [-0.15, -0.1) is 0 Å². The Balaban J connectivity index is 1.56. The van der Waals surface area contributed by atoms with Crippen LogP contribution >= 0.6 is 0 Å². The summed E-state index contributed by atoms with van der Waals surface area (Å²) < 4.78 is 11.7. The van der Waals surface area contributed by atoms with Gasteiger partial charge in [0.1, 0.15) is 0 Å². The Bertz CT molecular complexity index is 1510. The molecule has 8 rings (SSSR count). The summed E-state index contributed by atoms with van der Waals surface area (Å²) in [5.74, 6) is 2.18. The average Bonchev–Trinajstić information content (AvgIpc) is 2.90. The topological polar surface area (TPSA) is 18.5 Å². The minimum Gasteiger partial charge on any atom is -0.493 e. The van der Waals surface area contributed by atoms with Crippen LogP contribution < -0.4 is 9.47 Å². The molecular weight excluding hydrogens is 488 g/mol. The number of benzene rings is 3. The van der Waals surface area contributed by atoms with Gasteiger partial charge in [-0.25, -0.2) is 0 Å². The molecule has 3 aromatic rings. The Morgan fingerprint density at radius 3 is 1.15 bits per heavy atom. The Morgan fingerprint density at radius 2 is 0.800 bits per heavy atom. The molecule has 0 heterocycles. The van der Waals surface area contributed by atoms with E-state index in [1.54, 1.807) is 36.5 Å². The largest absolute Gasteiger partial charge is 0.493 e. The van der Waals surface area contributed by atoms with Crippen LogP contribution in [0, 0.1) is 10.8 Å². The van der Waals surface area contributed by atoms with Crippen molar-refractivity contribution in [2.75, 3.05) is 14.2 Å². The van der Waals surface area contributed by atoms with Gasteiger partial charge in [-0.2, -0.15) is 0 Å². The first-order chi connectivity index (χ1) is 18.7. The van der Waals surface area contributed by atoms with Crippen molar-refractivity contribution >= 4 is 10.8 Å². The molecule has 0 aromatic heterocycles. The molecule has 5 aliphatic carbocycles. The molecule has 0 saturated carbocycles. The maximum Gasteiger partial charge on any atom is 0.161 e. The molecule has 3 aromatic carbocycles. The van der Waals surface area contributed by atoms with Gasteiger partial charge in [0, 0.05) is 11.8 Å². The highest BCUT2D eigenvalue weighted by molar-refractivity contribution is 5.89. The Hall–Kier alpha value is -2.74. The summed E-state index contributed by atoms with van der Waals surface area (Å²) in [5.41, 5.74) is 13.0. The highest BCUT2D eigenvalue weighted by atomic mass is 16.5. The van der Waals surface area contributed by atoms with Gasteiger partial charge in [0.25, 0.3) is 0 Å². The van der Waals surface area contributed by atoms with Gasteiger partial charge in [0.15, 0.2) is 11.5 Å². The van der Waals surface area contributed by atoms with Gasteiger partial charge in [-0.3, -0.25) is 0 Å². The maximum absolute atomic E-state index is 5.86. The fraction of sp³-hybridized carbons (Fsp3) is 0.526. The molecule has 0 amide bonds. The highest BCUT2D eigenvalue weighted by Gasteiger charge is 2.53. The molecule has 2 bridgehead atoms. The fourth-order valence-electron chi connectivity index (χ4n) is 8.98. The number of fused-ring (bicyclic) bond motifs is 2. The summed E-state index contributed by atoms with van der Waals surface area (Å²) in [5, 5.41) is 2.79. The summed E-state index contributed by atoms with van der Waals surface area (Å²) in [7, 11) is 3.52. The monoisotopic (exact) mass is 534 g/mol. The zero-order valence-electron chi connectivity index (χ0n) is 26.3. The lowest BCUT2D eigenvalue weighted by atomic mass is 9.48. The third-order valence-corrected chi connectivity index (χ3v) is 11.5. The van der Waals surface area contributed by atoms with E-state index in [9.17, 15) is 0 Å². The van der Waals surface area contributed by atoms with Crippen LogP contribution in [0.5, 0.6) is 11.5 Å². The van der Waals surface area contributed by atoms with E-state index in [4.69, 9.17) is 9.47 Å². The van der Waals surface area contributed by atoms with Gasteiger partial charge in [0.05, 0.1) is 14.2 Å². The first-order valence-electron chi connectivity index (χ1n) is 15.3. The first-order valence-corrected chi connectivity index (χ1v) is 15.3. The van der Waals surface area contributed by atoms with Gasteiger partial charge in [-0.05, 0) is 116 Å². The quantitative estimate of drug-likeness (QED) is 0.305. The normalized spacial score (nSPS) is 26.1. The molecule has 0 saturated heterocycles. The third-order valence-electron chi connectivity index (χ3n) is 11.5. The summed E-state index contributed by atoms with van der Waals surface area (Å²) in [6, 6.07) is 14.8. The van der Waals surface area contributed by atoms with Crippen molar-refractivity contribution in [2.24, 2.45) is 10.8 Å². The van der Waals surface area contributed by atoms with E-state index in [0.29, 0.717) is 0 Å². The van der Waals surface area contributed by atoms with Crippen LogP contribution in [0.15, 0.2) is 47.5 Å². The van der Waals surface area contributed by atoms with E-state index < -0.39 is 0 Å². The SMILES string of the molecule is COc1cc2c(cc1OC)[C@@H]1C3=C([C@H]2c2cc4cc5c(cc4cc21)C(C)(C)CCC5(C)C)C(C)(C)CCC3(C)C. The number of allylic oxidation sites excluding steroid dienone is 2. The van der Waals surface area contributed by atoms with E-state index >= 15 is 0 Å². The molecule has 210 valence electrons.